The smallest absolute Gasteiger partial charge is 0.310 e. The lowest BCUT2D eigenvalue weighted by atomic mass is 10.1. The molecule has 128 valence electrons. The van der Waals surface area contributed by atoms with Gasteiger partial charge < -0.3 is 14.8 Å². The van der Waals surface area contributed by atoms with Crippen LogP contribution in [0.4, 0.5) is 5.69 Å². The van der Waals surface area contributed by atoms with E-state index >= 15 is 0 Å². The Labute approximate surface area is 149 Å². The fourth-order valence-electron chi connectivity index (χ4n) is 2.05. The topological polar surface area (TPSA) is 88.4 Å². The first-order valence-corrected chi connectivity index (χ1v) is 7.67. The summed E-state index contributed by atoms with van der Waals surface area (Å²) in [4.78, 5) is 23.7. The summed E-state index contributed by atoms with van der Waals surface area (Å²) in [5.74, 6) is -0.471. The normalized spacial score (nSPS) is 9.80. The lowest BCUT2D eigenvalue weighted by molar-refractivity contribution is -0.146. The van der Waals surface area contributed by atoms with Gasteiger partial charge in [0.25, 0.3) is 5.91 Å². The number of carbonyl (C=O) groups excluding carboxylic acids is 2. The highest BCUT2D eigenvalue weighted by atomic mass is 35.5. The molecule has 0 saturated carbocycles. The molecule has 0 heterocycles. The zero-order valence-corrected chi connectivity index (χ0v) is 14.2. The number of ether oxygens (including phenoxy) is 2. The quantitative estimate of drug-likeness (QED) is 0.802. The predicted octanol–water partition coefficient (Wildman–Crippen LogP) is 2.94. The van der Waals surface area contributed by atoms with Crippen molar-refractivity contribution in [1.29, 1.82) is 5.26 Å². The van der Waals surface area contributed by atoms with Gasteiger partial charge in [0.15, 0.2) is 6.61 Å². The minimum Gasteiger partial charge on any atom is -0.497 e. The van der Waals surface area contributed by atoms with E-state index in [9.17, 15) is 9.59 Å². The largest absolute Gasteiger partial charge is 0.497 e. The van der Waals surface area contributed by atoms with Crippen LogP contribution < -0.4 is 10.1 Å². The number of hydrogen-bond acceptors (Lipinski definition) is 5. The van der Waals surface area contributed by atoms with E-state index in [-0.39, 0.29) is 17.7 Å². The Balaban J connectivity index is 1.88. The van der Waals surface area contributed by atoms with Gasteiger partial charge in [-0.3, -0.25) is 9.59 Å². The van der Waals surface area contributed by atoms with Crippen molar-refractivity contribution in [3.05, 3.63) is 58.6 Å². The Morgan fingerprint density at radius 1 is 1.24 bits per heavy atom. The molecule has 1 amide bonds. The standard InChI is InChI=1S/C18H15ClN2O4/c1-24-15-4-2-3-12(7-15)8-18(23)25-11-17(22)21-16-9-14(19)6-5-13(16)10-20/h2-7,9H,8,11H2,1H3,(H,21,22). The Morgan fingerprint density at radius 3 is 2.76 bits per heavy atom. The number of esters is 1. The van der Waals surface area contributed by atoms with Crippen LogP contribution in [-0.4, -0.2) is 25.6 Å². The maximum atomic E-state index is 11.9. The van der Waals surface area contributed by atoms with E-state index in [2.05, 4.69) is 5.32 Å². The van der Waals surface area contributed by atoms with E-state index in [0.29, 0.717) is 16.3 Å². The third kappa shape index (κ3) is 5.52. The zero-order valence-electron chi connectivity index (χ0n) is 13.4. The van der Waals surface area contributed by atoms with Crippen LogP contribution in [0.25, 0.3) is 0 Å². The lowest BCUT2D eigenvalue weighted by Crippen LogP contribution is -2.22. The number of benzene rings is 2. The van der Waals surface area contributed by atoms with Gasteiger partial charge >= 0.3 is 5.97 Å². The highest BCUT2D eigenvalue weighted by Crippen LogP contribution is 2.20. The molecule has 2 rings (SSSR count). The third-order valence-corrected chi connectivity index (χ3v) is 3.46. The predicted molar refractivity (Wildman–Crippen MR) is 92.5 cm³/mol. The van der Waals surface area contributed by atoms with Gasteiger partial charge in [0, 0.05) is 5.02 Å². The van der Waals surface area contributed by atoms with E-state index in [0.717, 1.165) is 0 Å². The average Bonchev–Trinajstić information content (AvgIpc) is 2.60. The van der Waals surface area contributed by atoms with Crippen molar-refractivity contribution < 1.29 is 19.1 Å². The highest BCUT2D eigenvalue weighted by Gasteiger charge is 2.11. The Kier molecular flexibility index (Phi) is 6.38. The number of rotatable bonds is 6. The van der Waals surface area contributed by atoms with Gasteiger partial charge in [-0.25, -0.2) is 0 Å². The van der Waals surface area contributed by atoms with E-state index in [4.69, 9.17) is 26.3 Å². The molecule has 2 aromatic rings. The summed E-state index contributed by atoms with van der Waals surface area (Å²) in [7, 11) is 1.53. The summed E-state index contributed by atoms with van der Waals surface area (Å²) in [6.07, 6.45) is 0.0189. The van der Waals surface area contributed by atoms with Crippen LogP contribution in [0.5, 0.6) is 5.75 Å². The highest BCUT2D eigenvalue weighted by molar-refractivity contribution is 6.31. The van der Waals surface area contributed by atoms with Crippen LogP contribution in [0.15, 0.2) is 42.5 Å². The fourth-order valence-corrected chi connectivity index (χ4v) is 2.22. The number of halogens is 1. The van der Waals surface area contributed by atoms with Crippen LogP contribution in [0.2, 0.25) is 5.02 Å². The Bertz CT molecular complexity index is 830. The molecular formula is C18H15ClN2O4. The SMILES string of the molecule is COc1cccc(CC(=O)OCC(=O)Nc2cc(Cl)ccc2C#N)c1. The van der Waals surface area contributed by atoms with Crippen molar-refractivity contribution in [2.45, 2.75) is 6.42 Å². The number of anilines is 1. The van der Waals surface area contributed by atoms with Gasteiger partial charge in [0.2, 0.25) is 0 Å². The number of hydrogen-bond donors (Lipinski definition) is 1. The van der Waals surface area contributed by atoms with E-state index in [1.54, 1.807) is 30.3 Å². The molecule has 0 aromatic heterocycles. The third-order valence-electron chi connectivity index (χ3n) is 3.22. The molecular weight excluding hydrogens is 344 g/mol. The molecule has 0 aliphatic rings. The molecule has 0 saturated heterocycles. The molecule has 1 N–H and O–H groups in total. The van der Waals surface area contributed by atoms with Gasteiger partial charge in [0.05, 0.1) is 24.8 Å². The monoisotopic (exact) mass is 358 g/mol. The first-order chi connectivity index (χ1) is 12.0. The molecule has 0 radical (unpaired) electrons. The second-order valence-corrected chi connectivity index (χ2v) is 5.48. The molecule has 0 unspecified atom stereocenters. The number of nitrogens with zero attached hydrogens (tertiary/aromatic N) is 1. The molecule has 0 fully saturated rings. The van der Waals surface area contributed by atoms with Gasteiger partial charge in [-0.1, -0.05) is 23.7 Å². The second kappa shape index (κ2) is 8.71. The van der Waals surface area contributed by atoms with E-state index in [1.165, 1.54) is 19.2 Å². The molecule has 0 aliphatic heterocycles. The number of nitriles is 1. The number of methoxy groups -OCH3 is 1. The van der Waals surface area contributed by atoms with Crippen molar-refractivity contribution in [1.82, 2.24) is 0 Å². The van der Waals surface area contributed by atoms with Crippen LogP contribution >= 0.6 is 11.6 Å². The summed E-state index contributed by atoms with van der Waals surface area (Å²) >= 11 is 5.84. The summed E-state index contributed by atoms with van der Waals surface area (Å²) in [6, 6.07) is 13.4. The van der Waals surface area contributed by atoms with E-state index < -0.39 is 18.5 Å². The van der Waals surface area contributed by atoms with Crippen LogP contribution in [0, 0.1) is 11.3 Å². The van der Waals surface area contributed by atoms with Gasteiger partial charge in [0.1, 0.15) is 11.8 Å². The van der Waals surface area contributed by atoms with Crippen LogP contribution in [0.1, 0.15) is 11.1 Å². The van der Waals surface area contributed by atoms with Crippen molar-refractivity contribution in [3.63, 3.8) is 0 Å². The molecule has 6 nitrogen and oxygen atoms in total. The molecule has 7 heteroatoms. The first-order valence-electron chi connectivity index (χ1n) is 7.30. The van der Waals surface area contributed by atoms with Crippen molar-refractivity contribution in [2.75, 3.05) is 19.0 Å². The second-order valence-electron chi connectivity index (χ2n) is 5.04. The lowest BCUT2D eigenvalue weighted by Gasteiger charge is -2.09. The molecule has 0 aliphatic carbocycles. The van der Waals surface area contributed by atoms with Gasteiger partial charge in [-0.15, -0.1) is 0 Å². The van der Waals surface area contributed by atoms with Gasteiger partial charge in [-0.05, 0) is 35.9 Å². The average molecular weight is 359 g/mol. The molecule has 0 bridgehead atoms. The first kappa shape index (κ1) is 18.3. The fraction of sp³-hybridized carbons (Fsp3) is 0.167. The van der Waals surface area contributed by atoms with Crippen LogP contribution in [0.3, 0.4) is 0 Å². The van der Waals surface area contributed by atoms with Gasteiger partial charge in [-0.2, -0.15) is 5.26 Å². The summed E-state index contributed by atoms with van der Waals surface area (Å²) in [5, 5.41) is 11.9. The maximum Gasteiger partial charge on any atom is 0.310 e. The summed E-state index contributed by atoms with van der Waals surface area (Å²) in [6.45, 7) is -0.458. The van der Waals surface area contributed by atoms with Crippen LogP contribution in [-0.2, 0) is 20.7 Å². The van der Waals surface area contributed by atoms with Crippen molar-refractivity contribution >= 4 is 29.2 Å². The summed E-state index contributed by atoms with van der Waals surface area (Å²) in [5.41, 5.74) is 1.25. The minimum atomic E-state index is -0.558. The number of nitrogens with one attached hydrogen (secondary N) is 1. The molecule has 25 heavy (non-hydrogen) atoms. The number of amides is 1. The minimum absolute atomic E-state index is 0.0189. The van der Waals surface area contributed by atoms with Crippen molar-refractivity contribution in [3.8, 4) is 11.8 Å². The Morgan fingerprint density at radius 2 is 2.04 bits per heavy atom. The zero-order chi connectivity index (χ0) is 18.2. The summed E-state index contributed by atoms with van der Waals surface area (Å²) < 4.78 is 10.0. The molecule has 0 spiro atoms. The Hall–Kier alpha value is -3.04. The molecule has 2 aromatic carbocycles. The van der Waals surface area contributed by atoms with Crippen molar-refractivity contribution in [2.24, 2.45) is 0 Å². The molecule has 0 atom stereocenters. The van der Waals surface area contributed by atoms with E-state index in [1.807, 2.05) is 6.07 Å². The number of carbonyl (C=O) groups is 2. The maximum absolute atomic E-state index is 11.9.